The Labute approximate surface area is 136 Å². The van der Waals surface area contributed by atoms with Crippen LogP contribution in [0, 0.1) is 20.8 Å². The third kappa shape index (κ3) is 4.92. The fraction of sp³-hybridized carbons (Fsp3) is 0.200. The van der Waals surface area contributed by atoms with Gasteiger partial charge >= 0.3 is 5.97 Å². The monoisotopic (exact) mass is 308 g/mol. The van der Waals surface area contributed by atoms with E-state index < -0.39 is 5.97 Å². The van der Waals surface area contributed by atoms with Crippen LogP contribution in [0.5, 0.6) is 0 Å². The number of benzene rings is 2. The van der Waals surface area contributed by atoms with Gasteiger partial charge in [-0.25, -0.2) is 4.79 Å². The van der Waals surface area contributed by atoms with Crippen molar-refractivity contribution in [2.24, 2.45) is 0 Å². The van der Waals surface area contributed by atoms with E-state index in [0.717, 1.165) is 22.3 Å². The van der Waals surface area contributed by atoms with Crippen molar-refractivity contribution in [2.45, 2.75) is 20.8 Å². The van der Waals surface area contributed by atoms with Crippen molar-refractivity contribution >= 4 is 17.8 Å². The molecule has 0 radical (unpaired) electrons. The highest BCUT2D eigenvalue weighted by atomic mass is 16.5. The van der Waals surface area contributed by atoms with E-state index in [1.54, 1.807) is 12.1 Å². The van der Waals surface area contributed by atoms with Gasteiger partial charge in [-0.2, -0.15) is 0 Å². The van der Waals surface area contributed by atoms with Gasteiger partial charge in [-0.15, -0.1) is 0 Å². The molecule has 3 heteroatoms. The topological polar surface area (TPSA) is 43.4 Å². The second-order valence-electron chi connectivity index (χ2n) is 5.60. The molecule has 0 amide bonds. The summed E-state index contributed by atoms with van der Waals surface area (Å²) in [6, 6.07) is 13.3. The highest BCUT2D eigenvalue weighted by Gasteiger charge is 2.11. The average molecular weight is 308 g/mol. The first-order chi connectivity index (χ1) is 11.0. The summed E-state index contributed by atoms with van der Waals surface area (Å²) in [6.45, 7) is 5.58. The highest BCUT2D eigenvalue weighted by molar-refractivity contribution is 6.00. The van der Waals surface area contributed by atoms with Gasteiger partial charge < -0.3 is 4.74 Å². The van der Waals surface area contributed by atoms with Gasteiger partial charge in [0, 0.05) is 11.6 Å². The molecule has 2 aromatic carbocycles. The first kappa shape index (κ1) is 16.7. The van der Waals surface area contributed by atoms with Crippen LogP contribution in [0.15, 0.2) is 48.5 Å². The zero-order valence-electron chi connectivity index (χ0n) is 13.6. The van der Waals surface area contributed by atoms with E-state index in [0.29, 0.717) is 5.56 Å². The minimum Gasteiger partial charge on any atom is -0.454 e. The maximum absolute atomic E-state index is 12.1. The summed E-state index contributed by atoms with van der Waals surface area (Å²) in [5.41, 5.74) is 4.61. The second kappa shape index (κ2) is 7.54. The Morgan fingerprint density at radius 3 is 2.43 bits per heavy atom. The van der Waals surface area contributed by atoms with Gasteiger partial charge in [0.2, 0.25) is 5.78 Å². The molecule has 0 fully saturated rings. The van der Waals surface area contributed by atoms with E-state index >= 15 is 0 Å². The number of carbonyl (C=O) groups excluding carboxylic acids is 2. The van der Waals surface area contributed by atoms with E-state index in [1.807, 2.05) is 57.2 Å². The van der Waals surface area contributed by atoms with Crippen LogP contribution >= 0.6 is 0 Å². The quantitative estimate of drug-likeness (QED) is 0.475. The highest BCUT2D eigenvalue weighted by Crippen LogP contribution is 2.11. The summed E-state index contributed by atoms with van der Waals surface area (Å²) in [7, 11) is 0. The largest absolute Gasteiger partial charge is 0.454 e. The van der Waals surface area contributed by atoms with Crippen LogP contribution in [0.25, 0.3) is 6.08 Å². The molecule has 0 aromatic heterocycles. The molecule has 3 nitrogen and oxygen atoms in total. The molecule has 0 saturated carbocycles. The average Bonchev–Trinajstić information content (AvgIpc) is 2.50. The molecule has 0 aliphatic heterocycles. The molecule has 2 aromatic rings. The second-order valence-corrected chi connectivity index (χ2v) is 5.60. The Balaban J connectivity index is 1.92. The predicted octanol–water partition coefficient (Wildman–Crippen LogP) is 4.05. The SMILES string of the molecule is Cc1cccc(/C=C/C(=O)OCC(=O)c2ccc(C)cc2C)c1. The molecule has 23 heavy (non-hydrogen) atoms. The van der Waals surface area contributed by atoms with Crippen molar-refractivity contribution in [1.29, 1.82) is 0 Å². The Morgan fingerprint density at radius 1 is 1.00 bits per heavy atom. The zero-order valence-corrected chi connectivity index (χ0v) is 13.6. The van der Waals surface area contributed by atoms with Gasteiger partial charge in [0.1, 0.15) is 0 Å². The summed E-state index contributed by atoms with van der Waals surface area (Å²) < 4.78 is 5.02. The summed E-state index contributed by atoms with van der Waals surface area (Å²) in [5, 5.41) is 0. The van der Waals surface area contributed by atoms with Crippen LogP contribution in [0.1, 0.15) is 32.6 Å². The standard InChI is InChI=1S/C20H20O3/c1-14-5-4-6-17(12-14)8-10-20(22)23-13-19(21)18-9-7-15(2)11-16(18)3/h4-12H,13H2,1-3H3/b10-8+. The maximum Gasteiger partial charge on any atom is 0.331 e. The van der Waals surface area contributed by atoms with Crippen LogP contribution in [0.2, 0.25) is 0 Å². The predicted molar refractivity (Wildman–Crippen MR) is 91.4 cm³/mol. The summed E-state index contributed by atoms with van der Waals surface area (Å²) in [4.78, 5) is 23.8. The van der Waals surface area contributed by atoms with Gasteiger partial charge in [-0.1, -0.05) is 53.6 Å². The molecular formula is C20H20O3. The zero-order chi connectivity index (χ0) is 16.8. The van der Waals surface area contributed by atoms with E-state index in [-0.39, 0.29) is 12.4 Å². The van der Waals surface area contributed by atoms with E-state index in [1.165, 1.54) is 6.08 Å². The van der Waals surface area contributed by atoms with E-state index in [2.05, 4.69) is 0 Å². The lowest BCUT2D eigenvalue weighted by Gasteiger charge is -2.06. The molecule has 2 rings (SSSR count). The lowest BCUT2D eigenvalue weighted by molar-refractivity contribution is -0.136. The summed E-state index contributed by atoms with van der Waals surface area (Å²) in [6.07, 6.45) is 3.01. The minimum absolute atomic E-state index is 0.195. The number of ketones is 1. The molecule has 0 atom stereocenters. The van der Waals surface area contributed by atoms with Gasteiger partial charge in [-0.3, -0.25) is 4.79 Å². The molecule has 0 unspecified atom stereocenters. The lowest BCUT2D eigenvalue weighted by atomic mass is 10.0. The Bertz CT molecular complexity index is 757. The van der Waals surface area contributed by atoms with Gasteiger partial charge in [-0.05, 0) is 38.0 Å². The smallest absolute Gasteiger partial charge is 0.331 e. The first-order valence-electron chi connectivity index (χ1n) is 7.47. The van der Waals surface area contributed by atoms with Crippen molar-refractivity contribution in [3.8, 4) is 0 Å². The van der Waals surface area contributed by atoms with Crippen LogP contribution in [0.3, 0.4) is 0 Å². The summed E-state index contributed by atoms with van der Waals surface area (Å²) in [5.74, 6) is -0.718. The minimum atomic E-state index is -0.523. The lowest BCUT2D eigenvalue weighted by Crippen LogP contribution is -2.13. The van der Waals surface area contributed by atoms with Gasteiger partial charge in [0.25, 0.3) is 0 Å². The molecule has 0 spiro atoms. The van der Waals surface area contributed by atoms with Crippen molar-refractivity contribution in [2.75, 3.05) is 6.61 Å². The fourth-order valence-corrected chi connectivity index (χ4v) is 2.33. The van der Waals surface area contributed by atoms with Gasteiger partial charge in [0.15, 0.2) is 6.61 Å². The molecular weight excluding hydrogens is 288 g/mol. The number of aryl methyl sites for hydroxylation is 3. The third-order valence-electron chi connectivity index (χ3n) is 3.48. The summed E-state index contributed by atoms with van der Waals surface area (Å²) >= 11 is 0. The number of ether oxygens (including phenoxy) is 1. The van der Waals surface area contributed by atoms with Crippen LogP contribution in [-0.4, -0.2) is 18.4 Å². The van der Waals surface area contributed by atoms with Crippen molar-refractivity contribution < 1.29 is 14.3 Å². The number of hydrogen-bond donors (Lipinski definition) is 0. The number of rotatable bonds is 5. The van der Waals surface area contributed by atoms with Crippen molar-refractivity contribution in [3.05, 3.63) is 76.4 Å². The van der Waals surface area contributed by atoms with Crippen molar-refractivity contribution in [1.82, 2.24) is 0 Å². The Kier molecular flexibility index (Phi) is 5.47. The Morgan fingerprint density at radius 2 is 1.74 bits per heavy atom. The molecule has 0 saturated heterocycles. The van der Waals surface area contributed by atoms with Crippen molar-refractivity contribution in [3.63, 3.8) is 0 Å². The number of Topliss-reactive ketones (excluding diaryl/α,β-unsaturated/α-hetero) is 1. The van der Waals surface area contributed by atoms with E-state index in [9.17, 15) is 9.59 Å². The molecule has 0 aliphatic rings. The van der Waals surface area contributed by atoms with Crippen LogP contribution < -0.4 is 0 Å². The van der Waals surface area contributed by atoms with Crippen LogP contribution in [0.4, 0.5) is 0 Å². The normalized spacial score (nSPS) is 10.7. The maximum atomic E-state index is 12.1. The van der Waals surface area contributed by atoms with Crippen LogP contribution in [-0.2, 0) is 9.53 Å². The third-order valence-corrected chi connectivity index (χ3v) is 3.48. The molecule has 0 aliphatic carbocycles. The number of carbonyl (C=O) groups is 2. The van der Waals surface area contributed by atoms with E-state index in [4.69, 9.17) is 4.74 Å². The number of esters is 1. The first-order valence-corrected chi connectivity index (χ1v) is 7.47. The molecule has 0 N–H and O–H groups in total. The fourth-order valence-electron chi connectivity index (χ4n) is 2.33. The van der Waals surface area contributed by atoms with Gasteiger partial charge in [0.05, 0.1) is 0 Å². The Hall–Kier alpha value is -2.68. The molecule has 118 valence electrons. The number of hydrogen-bond acceptors (Lipinski definition) is 3. The molecule has 0 heterocycles. The molecule has 0 bridgehead atoms.